The van der Waals surface area contributed by atoms with Crippen LogP contribution in [0.5, 0.6) is 0 Å². The predicted molar refractivity (Wildman–Crippen MR) is 66.5 cm³/mol. The van der Waals surface area contributed by atoms with Gasteiger partial charge < -0.3 is 0 Å². The molecule has 2 rings (SSSR count). The lowest BCUT2D eigenvalue weighted by Gasteiger charge is -2.24. The Morgan fingerprint density at radius 3 is 2.18 bits per heavy atom. The van der Waals surface area contributed by atoms with Crippen LogP contribution < -0.4 is 0 Å². The molecule has 0 heterocycles. The third kappa shape index (κ3) is 2.36. The van der Waals surface area contributed by atoms with E-state index in [1.54, 1.807) is 13.0 Å². The van der Waals surface area contributed by atoms with Crippen LogP contribution in [0, 0.1) is 12.8 Å². The first kappa shape index (κ1) is 12.5. The maximum absolute atomic E-state index is 14.2. The highest BCUT2D eigenvalue weighted by Crippen LogP contribution is 2.50. The number of rotatable bonds is 2. The standard InChI is InChI=1S/C15H20F2/c1-10-5-6-12(14(2,3)4)9-13(10)15(16,17)11-7-8-11/h5-6,9,11H,7-8H2,1-4H3. The van der Waals surface area contributed by atoms with E-state index < -0.39 is 11.8 Å². The lowest BCUT2D eigenvalue weighted by molar-refractivity contribution is -0.0292. The van der Waals surface area contributed by atoms with Gasteiger partial charge in [0.1, 0.15) is 0 Å². The fourth-order valence-electron chi connectivity index (χ4n) is 2.11. The molecular formula is C15H20F2. The smallest absolute Gasteiger partial charge is 0.201 e. The Morgan fingerprint density at radius 2 is 1.71 bits per heavy atom. The van der Waals surface area contributed by atoms with Crippen LogP contribution in [0.15, 0.2) is 18.2 Å². The second-order valence-electron chi connectivity index (χ2n) is 6.18. The molecule has 1 aliphatic rings. The van der Waals surface area contributed by atoms with Gasteiger partial charge in [0.05, 0.1) is 0 Å². The summed E-state index contributed by atoms with van der Waals surface area (Å²) in [5.41, 5.74) is 1.84. The molecular weight excluding hydrogens is 218 g/mol. The summed E-state index contributed by atoms with van der Waals surface area (Å²) in [6.45, 7) is 7.93. The fraction of sp³-hybridized carbons (Fsp3) is 0.600. The summed E-state index contributed by atoms with van der Waals surface area (Å²) in [6, 6.07) is 5.49. The van der Waals surface area contributed by atoms with E-state index in [1.165, 1.54) is 0 Å². The summed E-state index contributed by atoms with van der Waals surface area (Å²) >= 11 is 0. The van der Waals surface area contributed by atoms with Gasteiger partial charge in [-0.2, -0.15) is 0 Å². The molecule has 1 saturated carbocycles. The van der Waals surface area contributed by atoms with Crippen molar-refractivity contribution >= 4 is 0 Å². The van der Waals surface area contributed by atoms with Crippen LogP contribution in [-0.4, -0.2) is 0 Å². The van der Waals surface area contributed by atoms with E-state index in [-0.39, 0.29) is 11.0 Å². The summed E-state index contributed by atoms with van der Waals surface area (Å²) < 4.78 is 28.3. The third-order valence-electron chi connectivity index (χ3n) is 3.55. The highest BCUT2D eigenvalue weighted by atomic mass is 19.3. The van der Waals surface area contributed by atoms with E-state index in [2.05, 4.69) is 20.8 Å². The summed E-state index contributed by atoms with van der Waals surface area (Å²) in [5, 5.41) is 0. The van der Waals surface area contributed by atoms with Crippen molar-refractivity contribution in [2.24, 2.45) is 5.92 Å². The maximum Gasteiger partial charge on any atom is 0.276 e. The number of alkyl halides is 2. The number of benzene rings is 1. The normalized spacial score (nSPS) is 17.3. The van der Waals surface area contributed by atoms with Crippen molar-refractivity contribution in [3.05, 3.63) is 34.9 Å². The van der Waals surface area contributed by atoms with E-state index in [0.29, 0.717) is 18.4 Å². The molecule has 0 atom stereocenters. The molecule has 1 aromatic carbocycles. The van der Waals surface area contributed by atoms with Crippen LogP contribution in [0.2, 0.25) is 0 Å². The summed E-state index contributed by atoms with van der Waals surface area (Å²) in [5.74, 6) is -3.08. The minimum atomic E-state index is -2.65. The molecule has 0 bridgehead atoms. The average molecular weight is 238 g/mol. The topological polar surface area (TPSA) is 0 Å². The molecule has 0 spiro atoms. The first-order valence-corrected chi connectivity index (χ1v) is 6.22. The number of hydrogen-bond acceptors (Lipinski definition) is 0. The van der Waals surface area contributed by atoms with E-state index in [4.69, 9.17) is 0 Å². The van der Waals surface area contributed by atoms with Crippen molar-refractivity contribution in [2.75, 3.05) is 0 Å². The highest BCUT2D eigenvalue weighted by Gasteiger charge is 2.48. The zero-order valence-electron chi connectivity index (χ0n) is 11.0. The average Bonchev–Trinajstić information content (AvgIpc) is 2.99. The molecule has 0 amide bonds. The summed E-state index contributed by atoms with van der Waals surface area (Å²) in [7, 11) is 0. The van der Waals surface area contributed by atoms with Crippen molar-refractivity contribution in [3.63, 3.8) is 0 Å². The fourth-order valence-corrected chi connectivity index (χ4v) is 2.11. The number of halogens is 2. The second-order valence-corrected chi connectivity index (χ2v) is 6.18. The molecule has 0 aromatic heterocycles. The molecule has 0 unspecified atom stereocenters. The zero-order valence-corrected chi connectivity index (χ0v) is 11.0. The van der Waals surface area contributed by atoms with Crippen LogP contribution in [0.1, 0.15) is 50.3 Å². The van der Waals surface area contributed by atoms with Gasteiger partial charge in [0.25, 0.3) is 5.92 Å². The largest absolute Gasteiger partial charge is 0.276 e. The zero-order chi connectivity index (χ0) is 12.8. The van der Waals surface area contributed by atoms with Crippen molar-refractivity contribution in [3.8, 4) is 0 Å². The van der Waals surface area contributed by atoms with Crippen LogP contribution >= 0.6 is 0 Å². The van der Waals surface area contributed by atoms with Gasteiger partial charge in [-0.25, -0.2) is 8.78 Å². The molecule has 94 valence electrons. The third-order valence-corrected chi connectivity index (χ3v) is 3.55. The Morgan fingerprint density at radius 1 is 1.12 bits per heavy atom. The van der Waals surface area contributed by atoms with E-state index in [9.17, 15) is 8.78 Å². The molecule has 0 nitrogen and oxygen atoms in total. The monoisotopic (exact) mass is 238 g/mol. The van der Waals surface area contributed by atoms with Crippen LogP contribution in [0.4, 0.5) is 8.78 Å². The van der Waals surface area contributed by atoms with E-state index in [1.807, 2.05) is 12.1 Å². The Bertz CT molecular complexity index is 423. The Labute approximate surface area is 102 Å². The van der Waals surface area contributed by atoms with Gasteiger partial charge in [-0.1, -0.05) is 32.9 Å². The quantitative estimate of drug-likeness (QED) is 0.694. The van der Waals surface area contributed by atoms with Gasteiger partial charge in [0, 0.05) is 11.5 Å². The van der Waals surface area contributed by atoms with Gasteiger partial charge in [-0.05, 0) is 42.4 Å². The lowest BCUT2D eigenvalue weighted by Crippen LogP contribution is -2.20. The lowest BCUT2D eigenvalue weighted by atomic mass is 9.84. The minimum Gasteiger partial charge on any atom is -0.201 e. The maximum atomic E-state index is 14.2. The predicted octanol–water partition coefficient (Wildman–Crippen LogP) is 4.79. The van der Waals surface area contributed by atoms with Crippen LogP contribution in [0.25, 0.3) is 0 Å². The van der Waals surface area contributed by atoms with Crippen molar-refractivity contribution in [1.29, 1.82) is 0 Å². The molecule has 0 aliphatic heterocycles. The molecule has 1 aromatic rings. The second kappa shape index (κ2) is 3.79. The minimum absolute atomic E-state index is 0.0813. The Kier molecular flexibility index (Phi) is 2.80. The van der Waals surface area contributed by atoms with Crippen LogP contribution in [-0.2, 0) is 11.3 Å². The van der Waals surface area contributed by atoms with Gasteiger partial charge in [-0.15, -0.1) is 0 Å². The Balaban J connectivity index is 2.46. The molecule has 0 N–H and O–H groups in total. The molecule has 1 fully saturated rings. The van der Waals surface area contributed by atoms with Crippen molar-refractivity contribution in [1.82, 2.24) is 0 Å². The number of aryl methyl sites for hydroxylation is 1. The van der Waals surface area contributed by atoms with Crippen molar-refractivity contribution in [2.45, 2.75) is 51.9 Å². The number of hydrogen-bond donors (Lipinski definition) is 0. The molecule has 0 radical (unpaired) electrons. The molecule has 2 heteroatoms. The van der Waals surface area contributed by atoms with Gasteiger partial charge >= 0.3 is 0 Å². The van der Waals surface area contributed by atoms with Crippen LogP contribution in [0.3, 0.4) is 0 Å². The molecule has 0 saturated heterocycles. The first-order valence-electron chi connectivity index (χ1n) is 6.22. The van der Waals surface area contributed by atoms with E-state index in [0.717, 1.165) is 5.56 Å². The van der Waals surface area contributed by atoms with Gasteiger partial charge in [0.15, 0.2) is 0 Å². The SMILES string of the molecule is Cc1ccc(C(C)(C)C)cc1C(F)(F)C1CC1. The van der Waals surface area contributed by atoms with Gasteiger partial charge in [-0.3, -0.25) is 0 Å². The highest BCUT2D eigenvalue weighted by molar-refractivity contribution is 5.38. The Hall–Kier alpha value is -0.920. The van der Waals surface area contributed by atoms with E-state index >= 15 is 0 Å². The molecule has 1 aliphatic carbocycles. The summed E-state index contributed by atoms with van der Waals surface area (Å²) in [4.78, 5) is 0. The van der Waals surface area contributed by atoms with Crippen molar-refractivity contribution < 1.29 is 8.78 Å². The van der Waals surface area contributed by atoms with Gasteiger partial charge in [0.2, 0.25) is 0 Å². The summed E-state index contributed by atoms with van der Waals surface area (Å²) in [6.07, 6.45) is 1.32. The molecule has 17 heavy (non-hydrogen) atoms. The first-order chi connectivity index (χ1) is 7.73.